The Hall–Kier alpha value is -1.36. The molecule has 0 unspecified atom stereocenters. The van der Waals surface area contributed by atoms with Crippen LogP contribution in [0.5, 0.6) is 0 Å². The van der Waals surface area contributed by atoms with Crippen molar-refractivity contribution >= 4 is 41.0 Å². The Morgan fingerprint density at radius 1 is 1.05 bits per heavy atom. The predicted octanol–water partition coefficient (Wildman–Crippen LogP) is 4.71. The predicted molar refractivity (Wildman–Crippen MR) is 93.8 cm³/mol. The highest BCUT2D eigenvalue weighted by molar-refractivity contribution is 7.98. The lowest BCUT2D eigenvalue weighted by Crippen LogP contribution is -2.34. The highest BCUT2D eigenvalue weighted by Gasteiger charge is 2.04. The summed E-state index contributed by atoms with van der Waals surface area (Å²) in [4.78, 5) is 13.0. The molecule has 0 radical (unpaired) electrons. The lowest BCUT2D eigenvalue weighted by molar-refractivity contribution is 0.240. The van der Waals surface area contributed by atoms with Crippen molar-refractivity contribution in [1.29, 1.82) is 0 Å². The Balaban J connectivity index is 1.80. The van der Waals surface area contributed by atoms with Crippen molar-refractivity contribution in [3.05, 3.63) is 63.6 Å². The Morgan fingerprint density at radius 2 is 1.73 bits per heavy atom. The minimum absolute atomic E-state index is 0.236. The first-order valence-corrected chi connectivity index (χ1v) is 8.65. The third kappa shape index (κ3) is 5.13. The van der Waals surface area contributed by atoms with E-state index >= 15 is 0 Å². The van der Waals surface area contributed by atoms with Gasteiger partial charge in [-0.3, -0.25) is 0 Å². The molecule has 0 bridgehead atoms. The Kier molecular flexibility index (Phi) is 6.43. The minimum atomic E-state index is -0.236. The van der Waals surface area contributed by atoms with E-state index in [9.17, 15) is 4.79 Å². The van der Waals surface area contributed by atoms with Crippen LogP contribution < -0.4 is 10.6 Å². The quantitative estimate of drug-likeness (QED) is 0.763. The van der Waals surface area contributed by atoms with Crippen molar-refractivity contribution in [2.45, 2.75) is 18.0 Å². The van der Waals surface area contributed by atoms with E-state index in [0.29, 0.717) is 23.1 Å². The van der Waals surface area contributed by atoms with E-state index < -0.39 is 0 Å². The van der Waals surface area contributed by atoms with Crippen molar-refractivity contribution in [2.24, 2.45) is 0 Å². The van der Waals surface area contributed by atoms with Gasteiger partial charge in [0.05, 0.1) is 0 Å². The summed E-state index contributed by atoms with van der Waals surface area (Å²) >= 11 is 13.6. The summed E-state index contributed by atoms with van der Waals surface area (Å²) < 4.78 is 0. The largest absolute Gasteiger partial charge is 0.334 e. The molecule has 0 atom stereocenters. The molecule has 2 N–H and O–H groups in total. The highest BCUT2D eigenvalue weighted by Crippen LogP contribution is 2.20. The third-order valence-corrected chi connectivity index (χ3v) is 4.40. The monoisotopic (exact) mass is 354 g/mol. The first-order chi connectivity index (χ1) is 10.6. The maximum atomic E-state index is 11.8. The van der Waals surface area contributed by atoms with E-state index in [-0.39, 0.29) is 6.03 Å². The molecule has 2 amide bonds. The van der Waals surface area contributed by atoms with Gasteiger partial charge in [0.15, 0.2) is 0 Å². The van der Waals surface area contributed by atoms with Gasteiger partial charge in [0.1, 0.15) is 0 Å². The van der Waals surface area contributed by atoms with Gasteiger partial charge in [-0.15, -0.1) is 11.8 Å². The van der Waals surface area contributed by atoms with Gasteiger partial charge in [-0.25, -0.2) is 4.79 Å². The molecule has 116 valence electrons. The molecular weight excluding hydrogens is 339 g/mol. The second kappa shape index (κ2) is 8.32. The van der Waals surface area contributed by atoms with Crippen LogP contribution in [0.15, 0.2) is 47.4 Å². The summed E-state index contributed by atoms with van der Waals surface area (Å²) in [6.07, 6.45) is 2.03. The average molecular weight is 355 g/mol. The molecule has 0 aromatic heterocycles. The average Bonchev–Trinajstić information content (AvgIpc) is 2.52. The number of rotatable bonds is 5. The molecule has 0 aliphatic rings. The Labute approximate surface area is 144 Å². The molecule has 2 aromatic rings. The van der Waals surface area contributed by atoms with Crippen LogP contribution in [-0.4, -0.2) is 12.3 Å². The van der Waals surface area contributed by atoms with Gasteiger partial charge in [0.2, 0.25) is 0 Å². The smallest absolute Gasteiger partial charge is 0.315 e. The topological polar surface area (TPSA) is 41.1 Å². The number of halogens is 2. The Bertz CT molecular complexity index is 647. The van der Waals surface area contributed by atoms with Crippen molar-refractivity contribution < 1.29 is 4.79 Å². The Morgan fingerprint density at radius 3 is 2.36 bits per heavy atom. The molecule has 22 heavy (non-hydrogen) atoms. The minimum Gasteiger partial charge on any atom is -0.334 e. The first kappa shape index (κ1) is 17.0. The van der Waals surface area contributed by atoms with Crippen LogP contribution in [0.3, 0.4) is 0 Å². The van der Waals surface area contributed by atoms with Crippen LogP contribution in [0.2, 0.25) is 10.0 Å². The van der Waals surface area contributed by atoms with E-state index in [1.807, 2.05) is 30.5 Å². The van der Waals surface area contributed by atoms with Crippen molar-refractivity contribution in [3.8, 4) is 0 Å². The van der Waals surface area contributed by atoms with Crippen LogP contribution in [0, 0.1) is 0 Å². The van der Waals surface area contributed by atoms with Gasteiger partial charge in [-0.05, 0) is 41.6 Å². The fourth-order valence-corrected chi connectivity index (χ4v) is 2.71. The van der Waals surface area contributed by atoms with Crippen LogP contribution in [0.1, 0.15) is 11.1 Å². The number of carbonyl (C=O) groups excluding carboxylic acids is 1. The highest BCUT2D eigenvalue weighted by atomic mass is 35.5. The van der Waals surface area contributed by atoms with Crippen LogP contribution >= 0.6 is 35.0 Å². The molecule has 0 saturated carbocycles. The number of hydrogen-bond donors (Lipinski definition) is 2. The summed E-state index contributed by atoms with van der Waals surface area (Å²) in [5.74, 6) is 0. The van der Waals surface area contributed by atoms with Gasteiger partial charge in [-0.1, -0.05) is 41.4 Å². The van der Waals surface area contributed by atoms with Gasteiger partial charge in [0, 0.05) is 28.0 Å². The number of carbonyl (C=O) groups is 1. The van der Waals surface area contributed by atoms with Gasteiger partial charge >= 0.3 is 6.03 Å². The molecule has 0 aliphatic carbocycles. The second-order valence-corrected chi connectivity index (χ2v) is 6.34. The van der Waals surface area contributed by atoms with E-state index in [4.69, 9.17) is 23.2 Å². The molecule has 0 fully saturated rings. The van der Waals surface area contributed by atoms with E-state index in [2.05, 4.69) is 10.6 Å². The third-order valence-electron chi connectivity index (χ3n) is 3.07. The molecule has 6 heteroatoms. The number of nitrogens with one attached hydrogen (secondary N) is 2. The van der Waals surface area contributed by atoms with E-state index in [1.165, 1.54) is 4.90 Å². The maximum Gasteiger partial charge on any atom is 0.315 e. The summed E-state index contributed by atoms with van der Waals surface area (Å²) in [6.45, 7) is 0.835. The molecule has 0 aliphatic heterocycles. The van der Waals surface area contributed by atoms with Crippen molar-refractivity contribution in [1.82, 2.24) is 10.6 Å². The van der Waals surface area contributed by atoms with E-state index in [0.717, 1.165) is 11.1 Å². The molecule has 2 rings (SSSR count). The number of thioether (sulfide) groups is 1. The summed E-state index contributed by atoms with van der Waals surface area (Å²) in [5.41, 5.74) is 1.88. The summed E-state index contributed by atoms with van der Waals surface area (Å²) in [5, 5.41) is 6.70. The standard InChI is InChI=1S/C16H16Cl2N2OS/c1-22-14-6-2-11(3-7-14)9-19-16(21)20-10-12-4-5-13(17)8-15(12)18/h2-8H,9-10H2,1H3,(H2,19,20,21). The normalized spacial score (nSPS) is 10.3. The molecule has 0 saturated heterocycles. The lowest BCUT2D eigenvalue weighted by Gasteiger charge is -2.09. The molecule has 2 aromatic carbocycles. The number of urea groups is 1. The van der Waals surface area contributed by atoms with Crippen molar-refractivity contribution in [3.63, 3.8) is 0 Å². The van der Waals surface area contributed by atoms with Crippen LogP contribution in [-0.2, 0) is 13.1 Å². The van der Waals surface area contributed by atoms with Crippen molar-refractivity contribution in [2.75, 3.05) is 6.26 Å². The zero-order chi connectivity index (χ0) is 15.9. The summed E-state index contributed by atoms with van der Waals surface area (Å²) in [7, 11) is 0. The van der Waals surface area contributed by atoms with Gasteiger partial charge in [-0.2, -0.15) is 0 Å². The first-order valence-electron chi connectivity index (χ1n) is 6.67. The van der Waals surface area contributed by atoms with Gasteiger partial charge < -0.3 is 10.6 Å². The maximum absolute atomic E-state index is 11.8. The zero-order valence-electron chi connectivity index (χ0n) is 12.0. The van der Waals surface area contributed by atoms with Gasteiger partial charge in [0.25, 0.3) is 0 Å². The van der Waals surface area contributed by atoms with Crippen LogP contribution in [0.25, 0.3) is 0 Å². The van der Waals surface area contributed by atoms with Crippen LogP contribution in [0.4, 0.5) is 4.79 Å². The number of hydrogen-bond acceptors (Lipinski definition) is 2. The number of amides is 2. The SMILES string of the molecule is CSc1ccc(CNC(=O)NCc2ccc(Cl)cc2Cl)cc1. The number of benzene rings is 2. The second-order valence-electron chi connectivity index (χ2n) is 4.62. The summed E-state index contributed by atoms with van der Waals surface area (Å²) in [6, 6.07) is 13.0. The zero-order valence-corrected chi connectivity index (χ0v) is 14.4. The molecule has 3 nitrogen and oxygen atoms in total. The molecular formula is C16H16Cl2N2OS. The molecule has 0 spiro atoms. The molecule has 0 heterocycles. The fraction of sp³-hybridized carbons (Fsp3) is 0.188. The fourth-order valence-electron chi connectivity index (χ4n) is 1.83. The van der Waals surface area contributed by atoms with E-state index in [1.54, 1.807) is 30.0 Å². The lowest BCUT2D eigenvalue weighted by atomic mass is 10.2.